The molecule has 0 spiro atoms. The normalized spacial score (nSPS) is 12.3. The quantitative estimate of drug-likeness (QED) is 0.177. The van der Waals surface area contributed by atoms with E-state index in [1.807, 2.05) is 0 Å². The molecule has 0 nitrogen and oxygen atoms in total. The Labute approximate surface area is 227 Å². The molecule has 0 fully saturated rings. The molecule has 0 aromatic heterocycles. The molecule has 0 heteroatoms. The van der Waals surface area contributed by atoms with Crippen LogP contribution < -0.4 is 0 Å². The molecule has 216 valence electrons. The summed E-state index contributed by atoms with van der Waals surface area (Å²) in [5, 5.41) is 0. The average molecular weight is 497 g/mol. The van der Waals surface area contributed by atoms with E-state index in [-0.39, 0.29) is 0 Å². The Hall–Kier alpha value is 0. The first-order chi connectivity index (χ1) is 16.6. The van der Waals surface area contributed by atoms with Crippen molar-refractivity contribution in [2.45, 2.75) is 200 Å². The van der Waals surface area contributed by atoms with Crippen LogP contribution in [-0.4, -0.2) is 0 Å². The van der Waals surface area contributed by atoms with E-state index in [1.54, 1.807) is 0 Å². The first kappa shape index (κ1) is 39.5. The molecular weight excluding hydrogens is 420 g/mol. The smallest absolute Gasteiger partial charge is 0.0303 e. The molecule has 0 rings (SSSR count). The van der Waals surface area contributed by atoms with Crippen LogP contribution in [0.25, 0.3) is 0 Å². The molecule has 35 heavy (non-hydrogen) atoms. The Balaban J connectivity index is -0.000000527. The van der Waals surface area contributed by atoms with Gasteiger partial charge in [-0.1, -0.05) is 187 Å². The Kier molecular flexibility index (Phi) is 26.1. The molecular formula is C35H76. The molecule has 0 N–H and O–H groups in total. The second-order valence-corrected chi connectivity index (χ2v) is 11.8. The zero-order valence-corrected chi connectivity index (χ0v) is 28.0. The van der Waals surface area contributed by atoms with E-state index < -0.39 is 0 Å². The summed E-state index contributed by atoms with van der Waals surface area (Å²) in [7, 11) is 0. The van der Waals surface area contributed by atoms with Gasteiger partial charge in [-0.25, -0.2) is 0 Å². The number of hydrogen-bond donors (Lipinski definition) is 0. The van der Waals surface area contributed by atoms with Crippen molar-refractivity contribution < 1.29 is 0 Å². The van der Waals surface area contributed by atoms with E-state index in [1.165, 1.54) is 103 Å². The van der Waals surface area contributed by atoms with Gasteiger partial charge in [-0.15, -0.1) is 0 Å². The van der Waals surface area contributed by atoms with Gasteiger partial charge >= 0.3 is 0 Å². The summed E-state index contributed by atoms with van der Waals surface area (Å²) in [5.74, 6) is 1.92. The zero-order valence-electron chi connectivity index (χ0n) is 28.0. The van der Waals surface area contributed by atoms with E-state index in [4.69, 9.17) is 0 Å². The minimum atomic E-state index is 0.613. The van der Waals surface area contributed by atoms with Gasteiger partial charge in [0.25, 0.3) is 0 Å². The molecule has 0 saturated carbocycles. The third kappa shape index (κ3) is 15.1. The fraction of sp³-hybridized carbons (Fsp3) is 1.00. The first-order valence-electron chi connectivity index (χ1n) is 16.6. The summed E-state index contributed by atoms with van der Waals surface area (Å²) in [4.78, 5) is 0. The molecule has 0 aromatic carbocycles. The highest BCUT2D eigenvalue weighted by Gasteiger charge is 2.32. The lowest BCUT2D eigenvalue weighted by molar-refractivity contribution is 0.121. The molecule has 0 aliphatic heterocycles. The predicted octanol–water partition coefficient (Wildman–Crippen LogP) is 13.7. The molecule has 0 aliphatic carbocycles. The fourth-order valence-electron chi connectivity index (χ4n) is 6.32. The highest BCUT2D eigenvalue weighted by Crippen LogP contribution is 2.45. The summed E-state index contributed by atoms with van der Waals surface area (Å²) < 4.78 is 0. The Morgan fingerprint density at radius 1 is 0.286 bits per heavy atom. The van der Waals surface area contributed by atoms with Crippen molar-refractivity contribution in [2.75, 3.05) is 0 Å². The third-order valence-corrected chi connectivity index (χ3v) is 11.3. The highest BCUT2D eigenvalue weighted by molar-refractivity contribution is 4.84. The SMILES string of the molecule is CCC(CC(CC)(CC)CC)CC(CC)(CC)CC.CCC(CC)(CC)CC.CCC(CC)CC. The maximum absolute atomic E-state index is 2.40. The molecule has 0 radical (unpaired) electrons. The first-order valence-corrected chi connectivity index (χ1v) is 16.6. The second kappa shape index (κ2) is 23.1. The van der Waals surface area contributed by atoms with Crippen LogP contribution in [0.5, 0.6) is 0 Å². The summed E-state index contributed by atoms with van der Waals surface area (Å²) >= 11 is 0. The lowest BCUT2D eigenvalue weighted by Gasteiger charge is -2.39. The van der Waals surface area contributed by atoms with Gasteiger partial charge in [0.15, 0.2) is 0 Å². The molecule has 0 aliphatic rings. The van der Waals surface area contributed by atoms with Crippen molar-refractivity contribution in [3.05, 3.63) is 0 Å². The predicted molar refractivity (Wildman–Crippen MR) is 168 cm³/mol. The molecule has 0 bridgehead atoms. The second-order valence-electron chi connectivity index (χ2n) is 11.8. The highest BCUT2D eigenvalue weighted by atomic mass is 14.4. The molecule has 0 amide bonds. The maximum atomic E-state index is 2.40. The van der Waals surface area contributed by atoms with Crippen molar-refractivity contribution in [1.29, 1.82) is 0 Å². The zero-order chi connectivity index (χ0) is 28.0. The lowest BCUT2D eigenvalue weighted by Crippen LogP contribution is -2.27. The molecule has 0 atom stereocenters. The van der Waals surface area contributed by atoms with E-state index in [2.05, 4.69) is 96.9 Å². The van der Waals surface area contributed by atoms with Gasteiger partial charge in [-0.05, 0) is 40.9 Å². The minimum absolute atomic E-state index is 0.613. The molecule has 0 aromatic rings. The lowest BCUT2D eigenvalue weighted by atomic mass is 9.66. The van der Waals surface area contributed by atoms with Crippen molar-refractivity contribution in [1.82, 2.24) is 0 Å². The Morgan fingerprint density at radius 2 is 0.486 bits per heavy atom. The molecule has 0 saturated heterocycles. The molecule has 0 heterocycles. The summed E-state index contributed by atoms with van der Waals surface area (Å²) in [6.45, 7) is 32.8. The Morgan fingerprint density at radius 3 is 0.571 bits per heavy atom. The van der Waals surface area contributed by atoms with Crippen LogP contribution in [0.1, 0.15) is 200 Å². The van der Waals surface area contributed by atoms with Crippen molar-refractivity contribution in [2.24, 2.45) is 28.1 Å². The van der Waals surface area contributed by atoms with Gasteiger partial charge in [0, 0.05) is 0 Å². The van der Waals surface area contributed by atoms with Crippen LogP contribution in [0, 0.1) is 28.1 Å². The topological polar surface area (TPSA) is 0 Å². The van der Waals surface area contributed by atoms with Crippen molar-refractivity contribution >= 4 is 0 Å². The number of hydrogen-bond acceptors (Lipinski definition) is 0. The van der Waals surface area contributed by atoms with Gasteiger partial charge in [-0.3, -0.25) is 0 Å². The summed E-state index contributed by atoms with van der Waals surface area (Å²) in [6.07, 6.45) is 21.8. The van der Waals surface area contributed by atoms with Crippen molar-refractivity contribution in [3.8, 4) is 0 Å². The van der Waals surface area contributed by atoms with Crippen LogP contribution in [-0.2, 0) is 0 Å². The van der Waals surface area contributed by atoms with Crippen LogP contribution in [0.2, 0.25) is 0 Å². The Bertz CT molecular complexity index is 342. The number of rotatable bonds is 18. The van der Waals surface area contributed by atoms with Crippen LogP contribution in [0.4, 0.5) is 0 Å². The van der Waals surface area contributed by atoms with E-state index >= 15 is 0 Å². The van der Waals surface area contributed by atoms with Gasteiger partial charge in [0.1, 0.15) is 0 Å². The largest absolute Gasteiger partial charge is 0.0651 e. The summed E-state index contributed by atoms with van der Waals surface area (Å²) in [6, 6.07) is 0. The van der Waals surface area contributed by atoms with Crippen LogP contribution in [0.3, 0.4) is 0 Å². The minimum Gasteiger partial charge on any atom is -0.0651 e. The fourth-order valence-corrected chi connectivity index (χ4v) is 6.32. The van der Waals surface area contributed by atoms with Gasteiger partial charge in [0.05, 0.1) is 0 Å². The van der Waals surface area contributed by atoms with Gasteiger partial charge in [0.2, 0.25) is 0 Å². The monoisotopic (exact) mass is 497 g/mol. The standard InChI is InChI=1S/C19H40.C9H20.C7H16/c1-8-17(15-18(9-2,10-3)11-4)16-19(12-5,13-6)14-7;1-5-9(6-2,7-3)8-4;1-4-7(5-2)6-3/h17H,8-16H2,1-7H3;5-8H2,1-4H3;7H,4-6H2,1-3H3. The summed E-state index contributed by atoms with van der Waals surface area (Å²) in [5.41, 5.74) is 1.89. The van der Waals surface area contributed by atoms with Gasteiger partial charge < -0.3 is 0 Å². The van der Waals surface area contributed by atoms with Crippen LogP contribution >= 0.6 is 0 Å². The van der Waals surface area contributed by atoms with Crippen LogP contribution in [0.15, 0.2) is 0 Å². The molecule has 0 unspecified atom stereocenters. The third-order valence-electron chi connectivity index (χ3n) is 11.3. The van der Waals surface area contributed by atoms with E-state index in [9.17, 15) is 0 Å². The van der Waals surface area contributed by atoms with Crippen molar-refractivity contribution in [3.63, 3.8) is 0 Å². The maximum Gasteiger partial charge on any atom is -0.0303 e. The average Bonchev–Trinajstić information content (AvgIpc) is 2.93. The van der Waals surface area contributed by atoms with E-state index in [0.29, 0.717) is 16.2 Å². The van der Waals surface area contributed by atoms with E-state index in [0.717, 1.165) is 11.8 Å². The van der Waals surface area contributed by atoms with Gasteiger partial charge in [-0.2, -0.15) is 0 Å².